The molecule has 3 aromatic heterocycles. The van der Waals surface area contributed by atoms with Crippen LogP contribution in [0, 0.1) is 31.0 Å². The largest absolute Gasteiger partial charge is 0.381 e. The monoisotopic (exact) mass is 698 g/mol. The molecule has 12 nitrogen and oxygen atoms in total. The Balaban J connectivity index is 1.40. The second kappa shape index (κ2) is 12.9. The molecule has 0 spiro atoms. The number of halogens is 2. The van der Waals surface area contributed by atoms with Gasteiger partial charge in [0.2, 0.25) is 5.91 Å². The third-order valence-electron chi connectivity index (χ3n) is 10.6. The molecule has 0 bridgehead atoms. The molecule has 50 heavy (non-hydrogen) atoms. The number of nitriles is 1. The highest BCUT2D eigenvalue weighted by Crippen LogP contribution is 2.44. The first-order valence-corrected chi connectivity index (χ1v) is 17.1. The molecule has 0 aliphatic carbocycles. The van der Waals surface area contributed by atoms with Crippen molar-refractivity contribution in [2.45, 2.75) is 57.7 Å². The number of fused-ring (bicyclic) bond motifs is 4. The van der Waals surface area contributed by atoms with E-state index < -0.39 is 5.82 Å². The van der Waals surface area contributed by atoms with Gasteiger partial charge in [-0.1, -0.05) is 22.9 Å². The van der Waals surface area contributed by atoms with Gasteiger partial charge in [-0.05, 0) is 71.0 Å². The number of aryl methyl sites for hydroxylation is 1. The van der Waals surface area contributed by atoms with Gasteiger partial charge in [-0.25, -0.2) is 14.1 Å². The minimum atomic E-state index is -0.453. The van der Waals surface area contributed by atoms with Crippen LogP contribution in [0.25, 0.3) is 44.0 Å². The number of aromatic nitrogens is 6. The number of ether oxygens (including phenoxy) is 1. The Morgan fingerprint density at radius 2 is 2.02 bits per heavy atom. The number of amides is 1. The van der Waals surface area contributed by atoms with Gasteiger partial charge in [0, 0.05) is 65.8 Å². The van der Waals surface area contributed by atoms with Crippen molar-refractivity contribution in [1.29, 1.82) is 5.26 Å². The van der Waals surface area contributed by atoms with E-state index in [0.717, 1.165) is 16.5 Å². The molecule has 7 rings (SSSR count). The van der Waals surface area contributed by atoms with E-state index in [1.165, 1.54) is 6.08 Å². The summed E-state index contributed by atoms with van der Waals surface area (Å²) >= 11 is 6.66. The Labute approximate surface area is 294 Å². The zero-order chi connectivity index (χ0) is 35.5. The molecule has 2 saturated heterocycles. The molecule has 5 aromatic rings. The lowest BCUT2D eigenvalue weighted by atomic mass is 9.90. The molecule has 0 unspecified atom stereocenters. The minimum Gasteiger partial charge on any atom is -0.381 e. The first-order chi connectivity index (χ1) is 24.0. The number of aromatic amines is 1. The number of hydrogen-bond acceptors (Lipinski definition) is 9. The van der Waals surface area contributed by atoms with Gasteiger partial charge in [-0.3, -0.25) is 9.89 Å². The number of carbonyl (C=O) groups is 1. The number of rotatable bonds is 8. The minimum absolute atomic E-state index is 0.0810. The van der Waals surface area contributed by atoms with E-state index in [2.05, 4.69) is 57.4 Å². The molecule has 5 heterocycles. The van der Waals surface area contributed by atoms with Gasteiger partial charge < -0.3 is 19.4 Å². The van der Waals surface area contributed by atoms with E-state index in [0.29, 0.717) is 83.0 Å². The van der Waals surface area contributed by atoms with Crippen LogP contribution >= 0.6 is 11.6 Å². The molecule has 14 heteroatoms. The van der Waals surface area contributed by atoms with E-state index in [9.17, 15) is 10.1 Å². The first kappa shape index (κ1) is 33.8. The van der Waals surface area contributed by atoms with Crippen molar-refractivity contribution in [2.75, 3.05) is 52.3 Å². The summed E-state index contributed by atoms with van der Waals surface area (Å²) in [4.78, 5) is 24.2. The van der Waals surface area contributed by atoms with Crippen LogP contribution in [0.4, 0.5) is 10.2 Å². The molecule has 0 radical (unpaired) electrons. The maximum Gasteiger partial charge on any atom is 0.246 e. The number of likely N-dealkylation sites (tertiary alicyclic amines) is 1. The van der Waals surface area contributed by atoms with Crippen molar-refractivity contribution in [1.82, 2.24) is 40.0 Å². The number of benzene rings is 2. The Morgan fingerprint density at radius 3 is 2.74 bits per heavy atom. The van der Waals surface area contributed by atoms with Gasteiger partial charge in [0.05, 0.1) is 42.4 Å². The quantitative estimate of drug-likeness (QED) is 0.202. The molecule has 260 valence electrons. The van der Waals surface area contributed by atoms with Crippen LogP contribution in [0.15, 0.2) is 30.5 Å². The molecular formula is C36H40ClFN10O2. The van der Waals surface area contributed by atoms with E-state index >= 15 is 4.39 Å². The zero-order valence-electron chi connectivity index (χ0n) is 29.1. The van der Waals surface area contributed by atoms with Crippen LogP contribution in [0.2, 0.25) is 5.02 Å². The van der Waals surface area contributed by atoms with Gasteiger partial charge in [-0.2, -0.15) is 10.4 Å². The standard InChI is InChI=1S/C36H40ClFN10O2/c1-20-14-24-32(31(38)29(20)30-21(2)26(37)16-27-25(30)17-40-42-27)41-35(46-18-36(3,19-46)45(4)5)33-34(24)48(44-43-33)23-10-12-47(22(15-23)9-11-39)28(49)8-7-13-50-6/h7-8,14,16-17,22-23H,9-10,12-13,15,18-19H2,1-6H3,(H,40,42)/b8-7+/t22-,23+/m1/s1. The number of H-pyrrole nitrogens is 1. The number of nitrogens with one attached hydrogen (secondary N) is 1. The summed E-state index contributed by atoms with van der Waals surface area (Å²) in [7, 11) is 5.68. The topological polar surface area (TPSA) is 132 Å². The summed E-state index contributed by atoms with van der Waals surface area (Å²) in [6, 6.07) is 5.52. The Kier molecular flexibility index (Phi) is 8.74. The molecule has 0 saturated carbocycles. The van der Waals surface area contributed by atoms with Crippen LogP contribution in [0.3, 0.4) is 0 Å². The summed E-state index contributed by atoms with van der Waals surface area (Å²) in [5.74, 6) is -0.0334. The number of pyridine rings is 1. The van der Waals surface area contributed by atoms with Crippen molar-refractivity contribution < 1.29 is 13.9 Å². The van der Waals surface area contributed by atoms with Crippen LogP contribution in [-0.2, 0) is 9.53 Å². The van der Waals surface area contributed by atoms with E-state index in [-0.39, 0.29) is 35.5 Å². The fourth-order valence-electron chi connectivity index (χ4n) is 7.57. The van der Waals surface area contributed by atoms with Gasteiger partial charge in [-0.15, -0.1) is 5.10 Å². The van der Waals surface area contributed by atoms with Crippen molar-refractivity contribution in [3.8, 4) is 17.2 Å². The summed E-state index contributed by atoms with van der Waals surface area (Å²) in [6.45, 7) is 8.10. The second-order valence-corrected chi connectivity index (χ2v) is 14.4. The molecular weight excluding hydrogens is 659 g/mol. The van der Waals surface area contributed by atoms with Crippen LogP contribution in [0.1, 0.15) is 43.4 Å². The second-order valence-electron chi connectivity index (χ2n) is 14.0. The van der Waals surface area contributed by atoms with Crippen LogP contribution in [0.5, 0.6) is 0 Å². The molecule has 2 aromatic carbocycles. The molecule has 1 amide bonds. The predicted octanol–water partition coefficient (Wildman–Crippen LogP) is 5.72. The molecule has 2 aliphatic rings. The summed E-state index contributed by atoms with van der Waals surface area (Å²) in [6.07, 6.45) is 6.14. The lowest BCUT2D eigenvalue weighted by Gasteiger charge is -2.52. The zero-order valence-corrected chi connectivity index (χ0v) is 29.8. The summed E-state index contributed by atoms with van der Waals surface area (Å²) in [5.41, 5.74) is 4.70. The number of anilines is 1. The Hall–Kier alpha value is -4.64. The van der Waals surface area contributed by atoms with Crippen LogP contribution < -0.4 is 4.90 Å². The van der Waals surface area contributed by atoms with Crippen molar-refractivity contribution in [2.24, 2.45) is 0 Å². The number of likely N-dealkylation sites (N-methyl/N-ethyl adjacent to an activating group) is 1. The third-order valence-corrected chi connectivity index (χ3v) is 11.0. The Morgan fingerprint density at radius 1 is 1.24 bits per heavy atom. The van der Waals surface area contributed by atoms with Crippen molar-refractivity contribution in [3.63, 3.8) is 0 Å². The van der Waals surface area contributed by atoms with E-state index in [4.69, 9.17) is 21.3 Å². The maximum absolute atomic E-state index is 17.3. The highest BCUT2D eigenvalue weighted by molar-refractivity contribution is 6.33. The molecule has 2 fully saturated rings. The van der Waals surface area contributed by atoms with Gasteiger partial charge in [0.1, 0.15) is 11.0 Å². The van der Waals surface area contributed by atoms with Crippen molar-refractivity contribution in [3.05, 3.63) is 52.4 Å². The summed E-state index contributed by atoms with van der Waals surface area (Å²) < 4.78 is 24.3. The number of hydrogen-bond donors (Lipinski definition) is 1. The smallest absolute Gasteiger partial charge is 0.246 e. The SMILES string of the molecule is COC/C=C/C(=O)N1CC[C@H](n2nnc3c(N4CC(C)(N(C)C)C4)nc4c(F)c(-c5c(C)c(Cl)cc6[nH]ncc56)c(C)cc4c32)C[C@H]1CC#N. The molecule has 2 aliphatic heterocycles. The maximum atomic E-state index is 17.3. The fourth-order valence-corrected chi connectivity index (χ4v) is 7.77. The number of nitrogens with zero attached hydrogens (tertiary/aromatic N) is 9. The average Bonchev–Trinajstić information content (AvgIpc) is 3.73. The third kappa shape index (κ3) is 5.46. The lowest BCUT2D eigenvalue weighted by molar-refractivity contribution is -0.130. The normalized spacial score (nSPS) is 19.3. The highest BCUT2D eigenvalue weighted by atomic mass is 35.5. The Bertz CT molecular complexity index is 2210. The lowest BCUT2D eigenvalue weighted by Crippen LogP contribution is -2.67. The predicted molar refractivity (Wildman–Crippen MR) is 192 cm³/mol. The van der Waals surface area contributed by atoms with E-state index in [1.54, 1.807) is 30.3 Å². The highest BCUT2D eigenvalue weighted by Gasteiger charge is 2.43. The van der Waals surface area contributed by atoms with Gasteiger partial charge >= 0.3 is 0 Å². The van der Waals surface area contributed by atoms with Gasteiger partial charge in [0.15, 0.2) is 17.2 Å². The molecule has 2 atom stereocenters. The van der Waals surface area contributed by atoms with Crippen LogP contribution in [-0.4, -0.2) is 105 Å². The van der Waals surface area contributed by atoms with E-state index in [1.807, 2.05) is 24.6 Å². The fraction of sp³-hybridized carbons (Fsp3) is 0.444. The first-order valence-electron chi connectivity index (χ1n) is 16.7. The summed E-state index contributed by atoms with van der Waals surface area (Å²) in [5, 5.41) is 28.2. The number of carbonyl (C=O) groups excluding carboxylic acids is 1. The molecule has 1 N–H and O–H groups in total. The average molecular weight is 699 g/mol. The van der Waals surface area contributed by atoms with Crippen molar-refractivity contribution >= 4 is 56.2 Å². The van der Waals surface area contributed by atoms with Gasteiger partial charge in [0.25, 0.3) is 0 Å². The number of methoxy groups -OCH3 is 1. The number of piperidine rings is 1.